The number of nitrogens with one attached hydrogen (secondary N) is 1. The van der Waals surface area contributed by atoms with Crippen LogP contribution in [0.15, 0.2) is 48.6 Å². The number of ether oxygens (including phenoxy) is 1. The van der Waals surface area contributed by atoms with E-state index in [0.29, 0.717) is 19.3 Å². The predicted octanol–water partition coefficient (Wildman–Crippen LogP) is 19.4. The summed E-state index contributed by atoms with van der Waals surface area (Å²) < 4.78 is 5.96. The van der Waals surface area contributed by atoms with Crippen molar-refractivity contribution in [2.75, 3.05) is 6.61 Å². The van der Waals surface area contributed by atoms with Gasteiger partial charge in [-0.15, -0.1) is 0 Å². The molecule has 0 aliphatic carbocycles. The molecule has 3 unspecified atom stereocenters. The zero-order valence-corrected chi connectivity index (χ0v) is 46.9. The van der Waals surface area contributed by atoms with Crippen LogP contribution in [0.4, 0.5) is 0 Å². The number of esters is 1. The van der Waals surface area contributed by atoms with Crippen LogP contribution < -0.4 is 5.32 Å². The van der Waals surface area contributed by atoms with Gasteiger partial charge in [-0.05, 0) is 51.4 Å². The van der Waals surface area contributed by atoms with Crippen molar-refractivity contribution in [3.8, 4) is 0 Å². The Balaban J connectivity index is 4.57. The number of aliphatic hydroxyl groups is 2. The van der Waals surface area contributed by atoms with Crippen molar-refractivity contribution in [1.29, 1.82) is 0 Å². The van der Waals surface area contributed by atoms with Crippen LogP contribution in [0.1, 0.15) is 323 Å². The smallest absolute Gasteiger partial charge is 0.306 e. The highest BCUT2D eigenvalue weighted by Gasteiger charge is 2.24. The lowest BCUT2D eigenvalue weighted by Gasteiger charge is -2.24. The lowest BCUT2D eigenvalue weighted by Crippen LogP contribution is -2.46. The summed E-state index contributed by atoms with van der Waals surface area (Å²) in [6, 6.07) is -0.715. The number of rotatable bonds is 56. The van der Waals surface area contributed by atoms with E-state index in [1.807, 2.05) is 0 Å². The molecule has 0 fully saturated rings. The summed E-state index contributed by atoms with van der Waals surface area (Å²) in [7, 11) is 0. The van der Waals surface area contributed by atoms with Crippen LogP contribution >= 0.6 is 0 Å². The van der Waals surface area contributed by atoms with E-state index in [2.05, 4.69) is 74.7 Å². The molecule has 0 aliphatic rings. The number of allylic oxidation sites excluding steroid dienone is 8. The molecular formula is C64H119NO5. The van der Waals surface area contributed by atoms with E-state index in [9.17, 15) is 19.8 Å². The van der Waals surface area contributed by atoms with E-state index in [1.165, 1.54) is 205 Å². The molecule has 0 aliphatic heterocycles. The maximum atomic E-state index is 13.3. The Morgan fingerprint density at radius 3 is 1.13 bits per heavy atom. The Morgan fingerprint density at radius 2 is 0.729 bits per heavy atom. The standard InChI is InChI=1S/C64H119NO5/c1-4-7-10-13-16-19-22-25-28-31-33-36-39-42-45-48-51-54-57-64(69)70-60(55-52-49-46-43-40-37-34-30-27-24-21-18-15-12-9-6-3)58-63(68)65-61(59-66)62(67)56-53-50-47-44-41-38-35-32-29-26-23-20-17-14-11-8-5-2/h18,21,24,27,30,34,37,40,60-62,66-67H,4-17,19-20,22-23,25-26,28-29,31-33,35-36,38-39,41-59H2,1-3H3,(H,65,68)/b21-18+,27-24+,34-30+,40-37+. The second-order valence-electron chi connectivity index (χ2n) is 21.2. The summed E-state index contributed by atoms with van der Waals surface area (Å²) in [5.74, 6) is -0.496. The molecule has 0 bridgehead atoms. The number of carbonyl (C=O) groups is 2. The fourth-order valence-corrected chi connectivity index (χ4v) is 9.56. The highest BCUT2D eigenvalue weighted by Crippen LogP contribution is 2.19. The maximum absolute atomic E-state index is 13.3. The number of amides is 1. The highest BCUT2D eigenvalue weighted by atomic mass is 16.5. The average molecular weight is 983 g/mol. The molecule has 3 atom stereocenters. The van der Waals surface area contributed by atoms with E-state index < -0.39 is 18.2 Å². The molecular weight excluding hydrogens is 863 g/mol. The molecule has 0 saturated carbocycles. The first-order valence-corrected chi connectivity index (χ1v) is 30.9. The van der Waals surface area contributed by atoms with Crippen molar-refractivity contribution in [3.63, 3.8) is 0 Å². The summed E-state index contributed by atoms with van der Waals surface area (Å²) >= 11 is 0. The van der Waals surface area contributed by atoms with E-state index >= 15 is 0 Å². The summed E-state index contributed by atoms with van der Waals surface area (Å²) in [5, 5.41) is 23.9. The molecule has 0 heterocycles. The van der Waals surface area contributed by atoms with Crippen molar-refractivity contribution >= 4 is 11.9 Å². The van der Waals surface area contributed by atoms with E-state index in [0.717, 1.165) is 70.6 Å². The van der Waals surface area contributed by atoms with Gasteiger partial charge in [0.15, 0.2) is 0 Å². The second-order valence-corrected chi connectivity index (χ2v) is 21.2. The zero-order chi connectivity index (χ0) is 50.9. The van der Waals surface area contributed by atoms with Gasteiger partial charge in [0, 0.05) is 6.42 Å². The third-order valence-electron chi connectivity index (χ3n) is 14.3. The fraction of sp³-hybridized carbons (Fsp3) is 0.844. The van der Waals surface area contributed by atoms with Gasteiger partial charge in [0.05, 0.1) is 25.2 Å². The third-order valence-corrected chi connectivity index (χ3v) is 14.3. The van der Waals surface area contributed by atoms with Crippen molar-refractivity contribution in [1.82, 2.24) is 5.32 Å². The molecule has 70 heavy (non-hydrogen) atoms. The first kappa shape index (κ1) is 67.8. The predicted molar refractivity (Wildman–Crippen MR) is 305 cm³/mol. The number of carbonyl (C=O) groups excluding carboxylic acids is 2. The Kier molecular flexibility index (Phi) is 55.9. The van der Waals surface area contributed by atoms with Gasteiger partial charge < -0.3 is 20.3 Å². The molecule has 0 radical (unpaired) electrons. The van der Waals surface area contributed by atoms with Gasteiger partial charge in [0.25, 0.3) is 0 Å². The zero-order valence-electron chi connectivity index (χ0n) is 46.9. The number of aliphatic hydroxyl groups excluding tert-OH is 2. The molecule has 410 valence electrons. The van der Waals surface area contributed by atoms with Gasteiger partial charge in [-0.2, -0.15) is 0 Å². The van der Waals surface area contributed by atoms with Crippen molar-refractivity contribution < 1.29 is 24.5 Å². The normalized spacial score (nSPS) is 13.4. The van der Waals surface area contributed by atoms with Gasteiger partial charge in [-0.25, -0.2) is 0 Å². The van der Waals surface area contributed by atoms with Gasteiger partial charge in [0.2, 0.25) is 5.91 Å². The van der Waals surface area contributed by atoms with Crippen molar-refractivity contribution in [3.05, 3.63) is 48.6 Å². The van der Waals surface area contributed by atoms with Crippen LogP contribution in [0.25, 0.3) is 0 Å². The number of hydrogen-bond acceptors (Lipinski definition) is 5. The number of hydrogen-bond donors (Lipinski definition) is 3. The van der Waals surface area contributed by atoms with Crippen LogP contribution in [-0.2, 0) is 14.3 Å². The maximum Gasteiger partial charge on any atom is 0.306 e. The largest absolute Gasteiger partial charge is 0.462 e. The molecule has 0 aromatic heterocycles. The summed E-state index contributed by atoms with van der Waals surface area (Å²) in [4.78, 5) is 26.3. The Labute approximate surface area is 436 Å². The topological polar surface area (TPSA) is 95.9 Å². The SMILES string of the molecule is CCCCC/C=C/C=C/C=C/C=C/CCCCCC(CC(=O)NC(CO)C(O)CCCCCCCCCCCCCCCCCCC)OC(=O)CCCCCCCCCCCCCCCCCCCC. The minimum atomic E-state index is -0.799. The first-order valence-electron chi connectivity index (χ1n) is 30.9. The third kappa shape index (κ3) is 52.2. The molecule has 1 amide bonds. The van der Waals surface area contributed by atoms with Crippen LogP contribution in [-0.4, -0.2) is 46.9 Å². The molecule has 3 N–H and O–H groups in total. The van der Waals surface area contributed by atoms with E-state index in [1.54, 1.807) is 0 Å². The molecule has 0 saturated heterocycles. The van der Waals surface area contributed by atoms with Gasteiger partial charge in [-0.3, -0.25) is 9.59 Å². The van der Waals surface area contributed by atoms with Crippen LogP contribution in [0.5, 0.6) is 0 Å². The van der Waals surface area contributed by atoms with Crippen LogP contribution in [0, 0.1) is 0 Å². The van der Waals surface area contributed by atoms with Crippen LogP contribution in [0.3, 0.4) is 0 Å². The highest BCUT2D eigenvalue weighted by molar-refractivity contribution is 5.77. The Bertz CT molecular complexity index is 1190. The van der Waals surface area contributed by atoms with Crippen LogP contribution in [0.2, 0.25) is 0 Å². The quantitative estimate of drug-likeness (QED) is 0.0321. The van der Waals surface area contributed by atoms with Gasteiger partial charge >= 0.3 is 5.97 Å². The summed E-state index contributed by atoms with van der Waals surface area (Å²) in [6.07, 6.45) is 71.8. The van der Waals surface area contributed by atoms with Crippen molar-refractivity contribution in [2.45, 2.75) is 341 Å². The number of unbranched alkanes of at least 4 members (excludes halogenated alkanes) is 39. The lowest BCUT2D eigenvalue weighted by molar-refractivity contribution is -0.151. The minimum absolute atomic E-state index is 0.0549. The molecule has 6 heteroatoms. The first-order chi connectivity index (χ1) is 34.5. The van der Waals surface area contributed by atoms with Crippen molar-refractivity contribution in [2.24, 2.45) is 0 Å². The van der Waals surface area contributed by atoms with Gasteiger partial charge in [-0.1, -0.05) is 307 Å². The molecule has 0 aromatic rings. The molecule has 0 rings (SSSR count). The lowest BCUT2D eigenvalue weighted by atomic mass is 10.0. The fourth-order valence-electron chi connectivity index (χ4n) is 9.56. The Hall–Kier alpha value is -2.18. The van der Waals surface area contributed by atoms with Gasteiger partial charge in [0.1, 0.15) is 6.10 Å². The summed E-state index contributed by atoms with van der Waals surface area (Å²) in [5.41, 5.74) is 0. The average Bonchev–Trinajstić information content (AvgIpc) is 3.35. The molecule has 0 spiro atoms. The minimum Gasteiger partial charge on any atom is -0.462 e. The van der Waals surface area contributed by atoms with E-state index in [-0.39, 0.29) is 24.9 Å². The molecule has 6 nitrogen and oxygen atoms in total. The monoisotopic (exact) mass is 982 g/mol. The Morgan fingerprint density at radius 1 is 0.414 bits per heavy atom. The summed E-state index contributed by atoms with van der Waals surface area (Å²) in [6.45, 7) is 6.48. The van der Waals surface area contributed by atoms with E-state index in [4.69, 9.17) is 4.74 Å². The molecule has 0 aromatic carbocycles. The second kappa shape index (κ2) is 57.7.